The second-order valence-corrected chi connectivity index (χ2v) is 8.39. The van der Waals surface area contributed by atoms with Crippen molar-refractivity contribution in [2.75, 3.05) is 26.2 Å². The van der Waals surface area contributed by atoms with Crippen LogP contribution in [0.2, 0.25) is 0 Å². The molecule has 1 aromatic rings. The van der Waals surface area contributed by atoms with E-state index in [1.54, 1.807) is 0 Å². The van der Waals surface area contributed by atoms with E-state index in [2.05, 4.69) is 12.1 Å². The van der Waals surface area contributed by atoms with Crippen molar-refractivity contribution < 1.29 is 14.1 Å². The van der Waals surface area contributed by atoms with E-state index in [9.17, 15) is 9.59 Å². The van der Waals surface area contributed by atoms with Crippen LogP contribution in [0.15, 0.2) is 10.6 Å². The second kappa shape index (κ2) is 7.05. The van der Waals surface area contributed by atoms with Crippen molar-refractivity contribution in [1.29, 1.82) is 0 Å². The van der Waals surface area contributed by atoms with E-state index in [-0.39, 0.29) is 17.2 Å². The van der Waals surface area contributed by atoms with Crippen LogP contribution in [0.25, 0.3) is 0 Å². The van der Waals surface area contributed by atoms with Crippen LogP contribution in [0.4, 0.5) is 0 Å². The fraction of sp³-hybridized carbons (Fsp3) is 0.750. The zero-order valence-corrected chi connectivity index (χ0v) is 15.7. The number of carbonyl (C=O) groups excluding carboxylic acids is 2. The number of piperidine rings is 2. The Morgan fingerprint density at radius 1 is 1.35 bits per heavy atom. The summed E-state index contributed by atoms with van der Waals surface area (Å²) in [5.74, 6) is 1.10. The summed E-state index contributed by atoms with van der Waals surface area (Å²) < 4.78 is 5.34. The highest BCUT2D eigenvalue weighted by Crippen LogP contribution is 2.41. The van der Waals surface area contributed by atoms with Crippen molar-refractivity contribution in [2.45, 2.75) is 64.2 Å². The van der Waals surface area contributed by atoms with Gasteiger partial charge < -0.3 is 14.3 Å². The first kappa shape index (κ1) is 17.6. The molecule has 26 heavy (non-hydrogen) atoms. The second-order valence-electron chi connectivity index (χ2n) is 8.39. The van der Waals surface area contributed by atoms with Gasteiger partial charge in [-0.3, -0.25) is 9.59 Å². The molecule has 142 valence electrons. The number of amides is 2. The minimum atomic E-state index is -0.0412. The lowest BCUT2D eigenvalue weighted by Gasteiger charge is -2.48. The normalized spacial score (nSPS) is 26.6. The molecule has 3 heterocycles. The molecule has 6 nitrogen and oxygen atoms in total. The molecule has 3 aliphatic rings. The Kier molecular flexibility index (Phi) is 4.76. The number of carbonyl (C=O) groups is 2. The highest BCUT2D eigenvalue weighted by atomic mass is 16.5. The van der Waals surface area contributed by atoms with E-state index in [0.29, 0.717) is 18.1 Å². The maximum Gasteiger partial charge on any atom is 0.292 e. The Hall–Kier alpha value is -1.85. The summed E-state index contributed by atoms with van der Waals surface area (Å²) in [7, 11) is 0. The number of aromatic nitrogens is 1. The first-order valence-corrected chi connectivity index (χ1v) is 10.1. The predicted octanol–water partition coefficient (Wildman–Crippen LogP) is 3.20. The molecule has 2 amide bonds. The Balaban J connectivity index is 1.44. The van der Waals surface area contributed by atoms with E-state index in [0.717, 1.165) is 76.8 Å². The molecule has 3 fully saturated rings. The van der Waals surface area contributed by atoms with Crippen molar-refractivity contribution in [2.24, 2.45) is 5.41 Å². The van der Waals surface area contributed by atoms with Gasteiger partial charge in [0.2, 0.25) is 11.7 Å². The monoisotopic (exact) mass is 359 g/mol. The summed E-state index contributed by atoms with van der Waals surface area (Å²) in [5.41, 5.74) is 0.976. The van der Waals surface area contributed by atoms with Gasteiger partial charge in [0, 0.05) is 50.0 Å². The van der Waals surface area contributed by atoms with Crippen LogP contribution in [0, 0.1) is 5.41 Å². The molecule has 6 heteroatoms. The number of likely N-dealkylation sites (tertiary alicyclic amines) is 2. The molecule has 1 saturated carbocycles. The van der Waals surface area contributed by atoms with Crippen LogP contribution in [-0.2, 0) is 4.79 Å². The van der Waals surface area contributed by atoms with Gasteiger partial charge in [0.15, 0.2) is 0 Å². The summed E-state index contributed by atoms with van der Waals surface area (Å²) in [4.78, 5) is 29.1. The quantitative estimate of drug-likeness (QED) is 0.810. The van der Waals surface area contributed by atoms with Gasteiger partial charge in [-0.1, -0.05) is 18.5 Å². The standard InChI is InChI=1S/C20H29N3O3/c1-2-3-10-22-13-20(9-7-18(22)24)8-4-11-23(14-20)19(25)17-12-16(21-26-17)15-5-6-15/h12,15H,2-11,13-14H2,1H3/t20-/m0/s1. The summed E-state index contributed by atoms with van der Waals surface area (Å²) in [5, 5.41) is 4.08. The van der Waals surface area contributed by atoms with Crippen molar-refractivity contribution in [3.63, 3.8) is 0 Å². The van der Waals surface area contributed by atoms with Gasteiger partial charge >= 0.3 is 0 Å². The number of hydrogen-bond acceptors (Lipinski definition) is 4. The van der Waals surface area contributed by atoms with E-state index >= 15 is 0 Å². The first-order chi connectivity index (χ1) is 12.6. The van der Waals surface area contributed by atoms with Crippen molar-refractivity contribution in [3.8, 4) is 0 Å². The van der Waals surface area contributed by atoms with E-state index in [1.165, 1.54) is 0 Å². The number of nitrogens with zero attached hydrogens (tertiary/aromatic N) is 3. The molecule has 2 saturated heterocycles. The van der Waals surface area contributed by atoms with Gasteiger partial charge in [0.05, 0.1) is 5.69 Å². The molecule has 1 atom stereocenters. The largest absolute Gasteiger partial charge is 0.351 e. The smallest absolute Gasteiger partial charge is 0.292 e. The van der Waals surface area contributed by atoms with Crippen LogP contribution in [0.5, 0.6) is 0 Å². The van der Waals surface area contributed by atoms with Gasteiger partial charge in [-0.2, -0.15) is 0 Å². The number of hydrogen-bond donors (Lipinski definition) is 0. The van der Waals surface area contributed by atoms with Crippen molar-refractivity contribution in [1.82, 2.24) is 15.0 Å². The summed E-state index contributed by atoms with van der Waals surface area (Å²) in [6.07, 6.45) is 8.02. The lowest BCUT2D eigenvalue weighted by atomic mass is 9.73. The molecule has 1 spiro atoms. The molecule has 0 bridgehead atoms. The van der Waals surface area contributed by atoms with Crippen molar-refractivity contribution >= 4 is 11.8 Å². The van der Waals surface area contributed by atoms with Crippen LogP contribution in [0.1, 0.15) is 80.5 Å². The molecule has 2 aliphatic heterocycles. The topological polar surface area (TPSA) is 66.7 Å². The molecular weight excluding hydrogens is 330 g/mol. The molecule has 4 rings (SSSR count). The maximum absolute atomic E-state index is 12.9. The third kappa shape index (κ3) is 3.51. The maximum atomic E-state index is 12.9. The van der Waals surface area contributed by atoms with Gasteiger partial charge in [0.1, 0.15) is 0 Å². The summed E-state index contributed by atoms with van der Waals surface area (Å²) >= 11 is 0. The lowest BCUT2D eigenvalue weighted by Crippen LogP contribution is -2.55. The lowest BCUT2D eigenvalue weighted by molar-refractivity contribution is -0.139. The third-order valence-electron chi connectivity index (χ3n) is 6.21. The SMILES string of the molecule is CCCCN1C[C@]2(CCCN(C(=O)c3cc(C4CC4)no3)C2)CCC1=O. The molecular formula is C20H29N3O3. The zero-order valence-electron chi connectivity index (χ0n) is 15.7. The highest BCUT2D eigenvalue weighted by molar-refractivity contribution is 5.91. The first-order valence-electron chi connectivity index (χ1n) is 10.1. The molecule has 0 radical (unpaired) electrons. The Bertz CT molecular complexity index is 682. The average molecular weight is 359 g/mol. The van der Waals surface area contributed by atoms with Crippen LogP contribution in [0.3, 0.4) is 0 Å². The number of unbranched alkanes of at least 4 members (excludes halogenated alkanes) is 1. The van der Waals surface area contributed by atoms with Crippen LogP contribution < -0.4 is 0 Å². The fourth-order valence-electron chi connectivity index (χ4n) is 4.49. The Morgan fingerprint density at radius 3 is 2.96 bits per heavy atom. The van der Waals surface area contributed by atoms with Gasteiger partial charge in [-0.15, -0.1) is 0 Å². The molecule has 1 aliphatic carbocycles. The minimum absolute atomic E-state index is 0.0412. The summed E-state index contributed by atoms with van der Waals surface area (Å²) in [6.45, 7) is 5.28. The number of rotatable bonds is 5. The van der Waals surface area contributed by atoms with Crippen molar-refractivity contribution in [3.05, 3.63) is 17.5 Å². The Morgan fingerprint density at radius 2 is 2.19 bits per heavy atom. The molecule has 0 aromatic carbocycles. The predicted molar refractivity (Wildman–Crippen MR) is 96.8 cm³/mol. The average Bonchev–Trinajstić information content (AvgIpc) is 3.39. The van der Waals surface area contributed by atoms with Gasteiger partial charge in [-0.25, -0.2) is 0 Å². The summed E-state index contributed by atoms with van der Waals surface area (Å²) in [6, 6.07) is 1.83. The zero-order chi connectivity index (χ0) is 18.1. The van der Waals surface area contributed by atoms with E-state index < -0.39 is 0 Å². The van der Waals surface area contributed by atoms with E-state index in [1.807, 2.05) is 15.9 Å². The van der Waals surface area contributed by atoms with Crippen LogP contribution >= 0.6 is 0 Å². The third-order valence-corrected chi connectivity index (χ3v) is 6.21. The Labute approximate surface area is 154 Å². The minimum Gasteiger partial charge on any atom is -0.351 e. The van der Waals surface area contributed by atoms with Gasteiger partial charge in [0.25, 0.3) is 5.91 Å². The highest BCUT2D eigenvalue weighted by Gasteiger charge is 2.43. The fourth-order valence-corrected chi connectivity index (χ4v) is 4.49. The van der Waals surface area contributed by atoms with Crippen LogP contribution in [-0.4, -0.2) is 52.9 Å². The van der Waals surface area contributed by atoms with E-state index in [4.69, 9.17) is 4.52 Å². The molecule has 0 N–H and O–H groups in total. The molecule has 0 unspecified atom stereocenters. The van der Waals surface area contributed by atoms with Gasteiger partial charge in [-0.05, 0) is 38.5 Å². The molecule has 1 aromatic heterocycles.